The molecule has 1 aromatic rings. The molecule has 1 aliphatic rings. The zero-order valence-corrected chi connectivity index (χ0v) is 9.77. The monoisotopic (exact) mass is 234 g/mol. The van der Waals surface area contributed by atoms with Gasteiger partial charge in [-0.15, -0.1) is 11.3 Å². The minimum atomic E-state index is -0.0109. The molecule has 0 saturated heterocycles. The predicted molar refractivity (Wildman–Crippen MR) is 65.3 cm³/mol. The molecule has 1 amide bonds. The van der Waals surface area contributed by atoms with E-state index in [2.05, 4.69) is 17.2 Å². The summed E-state index contributed by atoms with van der Waals surface area (Å²) in [7, 11) is 0. The molecule has 1 aliphatic carbocycles. The molecule has 0 aromatic carbocycles. The summed E-state index contributed by atoms with van der Waals surface area (Å²) in [6.45, 7) is 1.11. The normalized spacial score (nSPS) is 14.1. The van der Waals surface area contributed by atoms with Gasteiger partial charge in [-0.05, 0) is 30.2 Å². The topological polar surface area (TPSA) is 55.1 Å². The molecular formula is C12H14N2OS. The standard InChI is InChI=1S/C12H14N2OS/c13-6-1-2-10-5-7-16-11(10)12(15)14-8-9-3-4-9/h5,7,9H,3-4,6,8,13H2,(H,14,15). The van der Waals surface area contributed by atoms with E-state index in [0.29, 0.717) is 17.3 Å². The van der Waals surface area contributed by atoms with Crippen LogP contribution in [0.1, 0.15) is 28.1 Å². The minimum Gasteiger partial charge on any atom is -0.351 e. The second-order valence-electron chi connectivity index (χ2n) is 3.82. The number of thiophene rings is 1. The number of hydrogen-bond acceptors (Lipinski definition) is 3. The molecule has 3 nitrogen and oxygen atoms in total. The SMILES string of the molecule is NCC#Cc1ccsc1C(=O)NCC1CC1. The van der Waals surface area contributed by atoms with E-state index in [-0.39, 0.29) is 5.91 Å². The lowest BCUT2D eigenvalue weighted by Crippen LogP contribution is -2.25. The Labute approximate surface area is 99.0 Å². The highest BCUT2D eigenvalue weighted by Crippen LogP contribution is 2.27. The van der Waals surface area contributed by atoms with Crippen molar-refractivity contribution in [2.45, 2.75) is 12.8 Å². The summed E-state index contributed by atoms with van der Waals surface area (Å²) in [5.74, 6) is 6.37. The lowest BCUT2D eigenvalue weighted by molar-refractivity contribution is 0.0955. The van der Waals surface area contributed by atoms with Crippen LogP contribution in [0.3, 0.4) is 0 Å². The van der Waals surface area contributed by atoms with Crippen molar-refractivity contribution in [1.82, 2.24) is 5.32 Å². The molecule has 0 radical (unpaired) electrons. The van der Waals surface area contributed by atoms with E-state index < -0.39 is 0 Å². The maximum Gasteiger partial charge on any atom is 0.262 e. The molecule has 84 valence electrons. The van der Waals surface area contributed by atoms with Crippen molar-refractivity contribution in [1.29, 1.82) is 0 Å². The Kier molecular flexibility index (Phi) is 3.60. The van der Waals surface area contributed by atoms with Crippen LogP contribution in [0, 0.1) is 17.8 Å². The summed E-state index contributed by atoms with van der Waals surface area (Å²) in [5.41, 5.74) is 6.09. The van der Waals surface area contributed by atoms with Gasteiger partial charge < -0.3 is 11.1 Å². The van der Waals surface area contributed by atoms with E-state index in [4.69, 9.17) is 5.73 Å². The average molecular weight is 234 g/mol. The van der Waals surface area contributed by atoms with Gasteiger partial charge >= 0.3 is 0 Å². The van der Waals surface area contributed by atoms with Gasteiger partial charge in [-0.3, -0.25) is 4.79 Å². The number of carbonyl (C=O) groups is 1. The quantitative estimate of drug-likeness (QED) is 0.772. The van der Waals surface area contributed by atoms with Gasteiger partial charge in [0.05, 0.1) is 6.54 Å². The van der Waals surface area contributed by atoms with Gasteiger partial charge in [-0.2, -0.15) is 0 Å². The van der Waals surface area contributed by atoms with Crippen LogP contribution in [0.15, 0.2) is 11.4 Å². The summed E-state index contributed by atoms with van der Waals surface area (Å²) in [5, 5.41) is 4.82. The Hall–Kier alpha value is -1.31. The Morgan fingerprint density at radius 3 is 3.12 bits per heavy atom. The molecule has 0 spiro atoms. The number of amides is 1. The van der Waals surface area contributed by atoms with E-state index in [0.717, 1.165) is 12.1 Å². The maximum atomic E-state index is 11.8. The Morgan fingerprint density at radius 2 is 2.44 bits per heavy atom. The third-order valence-corrected chi connectivity index (χ3v) is 3.36. The number of hydrogen-bond donors (Lipinski definition) is 2. The van der Waals surface area contributed by atoms with Gasteiger partial charge in [0.15, 0.2) is 0 Å². The summed E-state index contributed by atoms with van der Waals surface area (Å²) in [6.07, 6.45) is 2.48. The number of rotatable bonds is 3. The van der Waals surface area contributed by atoms with Crippen molar-refractivity contribution in [2.75, 3.05) is 13.1 Å². The van der Waals surface area contributed by atoms with Crippen LogP contribution in [0.2, 0.25) is 0 Å². The average Bonchev–Trinajstić information content (AvgIpc) is 3.00. The van der Waals surface area contributed by atoms with Gasteiger partial charge in [0.25, 0.3) is 5.91 Å². The number of nitrogens with two attached hydrogens (primary N) is 1. The molecule has 1 heterocycles. The van der Waals surface area contributed by atoms with Crippen molar-refractivity contribution in [3.8, 4) is 11.8 Å². The van der Waals surface area contributed by atoms with Crippen molar-refractivity contribution in [2.24, 2.45) is 11.7 Å². The highest BCUT2D eigenvalue weighted by molar-refractivity contribution is 7.12. The van der Waals surface area contributed by atoms with Crippen LogP contribution in [-0.2, 0) is 0 Å². The van der Waals surface area contributed by atoms with Crippen molar-refractivity contribution in [3.05, 3.63) is 21.9 Å². The Bertz CT molecular complexity index is 437. The van der Waals surface area contributed by atoms with Crippen LogP contribution in [0.4, 0.5) is 0 Å². The molecule has 16 heavy (non-hydrogen) atoms. The van der Waals surface area contributed by atoms with E-state index >= 15 is 0 Å². The van der Waals surface area contributed by atoms with E-state index in [1.807, 2.05) is 11.4 Å². The lowest BCUT2D eigenvalue weighted by Gasteiger charge is -2.01. The van der Waals surface area contributed by atoms with Gasteiger partial charge in [0.1, 0.15) is 4.88 Å². The van der Waals surface area contributed by atoms with Gasteiger partial charge in [0.2, 0.25) is 0 Å². The van der Waals surface area contributed by atoms with Crippen LogP contribution in [0.5, 0.6) is 0 Å². The molecule has 1 aromatic heterocycles. The molecule has 3 N–H and O–H groups in total. The number of nitrogens with one attached hydrogen (secondary N) is 1. The number of carbonyl (C=O) groups excluding carboxylic acids is 1. The molecule has 0 bridgehead atoms. The molecule has 0 unspecified atom stereocenters. The summed E-state index contributed by atoms with van der Waals surface area (Å²) >= 11 is 1.42. The molecule has 0 atom stereocenters. The third kappa shape index (κ3) is 2.84. The largest absolute Gasteiger partial charge is 0.351 e. The maximum absolute atomic E-state index is 11.8. The van der Waals surface area contributed by atoms with Crippen LogP contribution >= 0.6 is 11.3 Å². The Morgan fingerprint density at radius 1 is 1.62 bits per heavy atom. The van der Waals surface area contributed by atoms with Gasteiger partial charge in [-0.1, -0.05) is 11.8 Å². The third-order valence-electron chi connectivity index (χ3n) is 2.44. The first-order valence-electron chi connectivity index (χ1n) is 5.36. The fraction of sp³-hybridized carbons (Fsp3) is 0.417. The highest BCUT2D eigenvalue weighted by Gasteiger charge is 2.22. The molecule has 2 rings (SSSR count). The fourth-order valence-corrected chi connectivity index (χ4v) is 2.13. The van der Waals surface area contributed by atoms with E-state index in [1.54, 1.807) is 0 Å². The van der Waals surface area contributed by atoms with Crippen LogP contribution in [-0.4, -0.2) is 19.0 Å². The summed E-state index contributed by atoms with van der Waals surface area (Å²) in [4.78, 5) is 12.5. The first-order chi connectivity index (χ1) is 7.81. The summed E-state index contributed by atoms with van der Waals surface area (Å²) in [6, 6.07) is 1.86. The smallest absolute Gasteiger partial charge is 0.262 e. The second-order valence-corrected chi connectivity index (χ2v) is 4.74. The van der Waals surface area contributed by atoms with Crippen molar-refractivity contribution < 1.29 is 4.79 Å². The summed E-state index contributed by atoms with van der Waals surface area (Å²) < 4.78 is 0. The molecule has 0 aliphatic heterocycles. The first-order valence-corrected chi connectivity index (χ1v) is 6.24. The van der Waals surface area contributed by atoms with E-state index in [1.165, 1.54) is 24.2 Å². The van der Waals surface area contributed by atoms with Gasteiger partial charge in [-0.25, -0.2) is 0 Å². The van der Waals surface area contributed by atoms with Gasteiger partial charge in [0, 0.05) is 12.1 Å². The Balaban J connectivity index is 2.00. The second kappa shape index (κ2) is 5.15. The fourth-order valence-electron chi connectivity index (χ4n) is 1.37. The van der Waals surface area contributed by atoms with Crippen molar-refractivity contribution >= 4 is 17.2 Å². The van der Waals surface area contributed by atoms with Crippen LogP contribution < -0.4 is 11.1 Å². The molecular weight excluding hydrogens is 220 g/mol. The molecule has 1 saturated carbocycles. The zero-order valence-electron chi connectivity index (χ0n) is 8.95. The first kappa shape index (κ1) is 11.2. The zero-order chi connectivity index (χ0) is 11.4. The van der Waals surface area contributed by atoms with Crippen LogP contribution in [0.25, 0.3) is 0 Å². The minimum absolute atomic E-state index is 0.0109. The van der Waals surface area contributed by atoms with E-state index in [9.17, 15) is 4.79 Å². The lowest BCUT2D eigenvalue weighted by atomic mass is 10.2. The predicted octanol–water partition coefficient (Wildman–Crippen LogP) is 1.20. The molecule has 1 fully saturated rings. The highest BCUT2D eigenvalue weighted by atomic mass is 32.1. The van der Waals surface area contributed by atoms with Crippen molar-refractivity contribution in [3.63, 3.8) is 0 Å². The molecule has 4 heteroatoms.